The molecule has 0 saturated heterocycles. The SMILES string of the molecule is CNC(=O)c1ccc(C(=O)N/N=C(/C)c2c(C)[nH]n(-c3ccc(C)c(C)c3)c2=O)s1. The first-order valence-electron chi connectivity index (χ1n) is 9.29. The van der Waals surface area contributed by atoms with Crippen molar-refractivity contribution in [3.63, 3.8) is 0 Å². The van der Waals surface area contributed by atoms with E-state index in [2.05, 4.69) is 20.9 Å². The molecule has 8 nitrogen and oxygen atoms in total. The molecule has 0 saturated carbocycles. The van der Waals surface area contributed by atoms with E-state index in [0.29, 0.717) is 26.7 Å². The van der Waals surface area contributed by atoms with Gasteiger partial charge < -0.3 is 5.32 Å². The highest BCUT2D eigenvalue weighted by Gasteiger charge is 2.17. The number of aromatic amines is 1. The van der Waals surface area contributed by atoms with E-state index in [1.54, 1.807) is 26.0 Å². The summed E-state index contributed by atoms with van der Waals surface area (Å²) in [6, 6.07) is 8.91. The van der Waals surface area contributed by atoms with E-state index in [-0.39, 0.29) is 11.5 Å². The third-order valence-corrected chi connectivity index (χ3v) is 5.87. The third-order valence-electron chi connectivity index (χ3n) is 4.79. The Bertz CT molecular complexity index is 1220. The Labute approximate surface area is 177 Å². The molecule has 0 aliphatic heterocycles. The number of carbonyl (C=O) groups excluding carboxylic acids is 2. The predicted octanol–water partition coefficient (Wildman–Crippen LogP) is 2.67. The van der Waals surface area contributed by atoms with E-state index in [0.717, 1.165) is 28.2 Å². The second-order valence-electron chi connectivity index (χ2n) is 6.90. The Morgan fingerprint density at radius 2 is 1.70 bits per heavy atom. The lowest BCUT2D eigenvalue weighted by Crippen LogP contribution is -2.23. The lowest BCUT2D eigenvalue weighted by atomic mass is 10.1. The molecule has 1 aromatic carbocycles. The van der Waals surface area contributed by atoms with Crippen molar-refractivity contribution >= 4 is 28.9 Å². The third kappa shape index (κ3) is 4.11. The van der Waals surface area contributed by atoms with Crippen LogP contribution in [0, 0.1) is 20.8 Å². The maximum atomic E-state index is 12.9. The zero-order valence-corrected chi connectivity index (χ0v) is 18.2. The number of amides is 2. The van der Waals surface area contributed by atoms with Gasteiger partial charge in [-0.1, -0.05) is 6.07 Å². The van der Waals surface area contributed by atoms with Crippen LogP contribution in [0.3, 0.4) is 0 Å². The van der Waals surface area contributed by atoms with Crippen molar-refractivity contribution in [3.05, 3.63) is 72.8 Å². The van der Waals surface area contributed by atoms with Gasteiger partial charge in [0.1, 0.15) is 0 Å². The quantitative estimate of drug-likeness (QED) is 0.432. The Kier molecular flexibility index (Phi) is 6.02. The Morgan fingerprint density at radius 1 is 1.03 bits per heavy atom. The molecular weight excluding hydrogens is 402 g/mol. The molecule has 3 N–H and O–H groups in total. The largest absolute Gasteiger partial charge is 0.354 e. The number of benzene rings is 1. The van der Waals surface area contributed by atoms with Gasteiger partial charge in [-0.25, -0.2) is 10.1 Å². The van der Waals surface area contributed by atoms with E-state index in [1.807, 2.05) is 32.0 Å². The number of H-pyrrole nitrogens is 1. The minimum absolute atomic E-state index is 0.246. The van der Waals surface area contributed by atoms with E-state index in [9.17, 15) is 14.4 Å². The molecule has 30 heavy (non-hydrogen) atoms. The molecule has 156 valence electrons. The summed E-state index contributed by atoms with van der Waals surface area (Å²) in [5.74, 6) is -0.703. The van der Waals surface area contributed by atoms with Crippen molar-refractivity contribution in [3.8, 4) is 5.69 Å². The highest BCUT2D eigenvalue weighted by Crippen LogP contribution is 2.16. The van der Waals surface area contributed by atoms with Gasteiger partial charge in [-0.2, -0.15) is 5.10 Å². The van der Waals surface area contributed by atoms with Crippen LogP contribution >= 0.6 is 11.3 Å². The summed E-state index contributed by atoms with van der Waals surface area (Å²) in [5.41, 5.74) is 6.58. The summed E-state index contributed by atoms with van der Waals surface area (Å²) in [7, 11) is 1.53. The summed E-state index contributed by atoms with van der Waals surface area (Å²) in [6.07, 6.45) is 0. The van der Waals surface area contributed by atoms with Crippen LogP contribution < -0.4 is 16.3 Å². The number of carbonyl (C=O) groups is 2. The molecule has 0 bridgehead atoms. The van der Waals surface area contributed by atoms with Gasteiger partial charge in [-0.15, -0.1) is 11.3 Å². The van der Waals surface area contributed by atoms with E-state index >= 15 is 0 Å². The summed E-state index contributed by atoms with van der Waals surface area (Å²) in [5, 5.41) is 9.67. The van der Waals surface area contributed by atoms with Gasteiger partial charge in [-0.3, -0.25) is 19.5 Å². The van der Waals surface area contributed by atoms with Crippen molar-refractivity contribution < 1.29 is 9.59 Å². The van der Waals surface area contributed by atoms with Crippen LogP contribution in [-0.4, -0.2) is 34.4 Å². The molecule has 0 unspecified atom stereocenters. The van der Waals surface area contributed by atoms with Crippen LogP contribution in [0.15, 0.2) is 40.2 Å². The molecule has 0 atom stereocenters. The average molecular weight is 426 g/mol. The standard InChI is InChI=1S/C21H23N5O3S/c1-11-6-7-15(10-12(11)2)26-21(29)18(14(4)25-26)13(3)23-24-20(28)17-9-8-16(30-17)19(27)22-5/h6-10,25H,1-5H3,(H,22,27)(H,24,28)/b23-13-. The van der Waals surface area contributed by atoms with Gasteiger partial charge in [0.2, 0.25) is 0 Å². The van der Waals surface area contributed by atoms with Crippen LogP contribution in [0.4, 0.5) is 0 Å². The highest BCUT2D eigenvalue weighted by molar-refractivity contribution is 7.15. The first kappa shape index (κ1) is 21.3. The number of nitrogens with zero attached hydrogens (tertiary/aromatic N) is 2. The molecule has 0 spiro atoms. The average Bonchev–Trinajstić information content (AvgIpc) is 3.32. The Hall–Kier alpha value is -3.46. The van der Waals surface area contributed by atoms with Crippen molar-refractivity contribution in [1.29, 1.82) is 0 Å². The minimum Gasteiger partial charge on any atom is -0.354 e. The molecule has 0 radical (unpaired) electrons. The first-order valence-corrected chi connectivity index (χ1v) is 10.1. The Balaban J connectivity index is 1.84. The van der Waals surface area contributed by atoms with Gasteiger partial charge >= 0.3 is 0 Å². The summed E-state index contributed by atoms with van der Waals surface area (Å²) in [4.78, 5) is 37.7. The fourth-order valence-electron chi connectivity index (χ4n) is 2.97. The van der Waals surface area contributed by atoms with Crippen molar-refractivity contribution in [2.45, 2.75) is 27.7 Å². The van der Waals surface area contributed by atoms with E-state index < -0.39 is 5.91 Å². The van der Waals surface area contributed by atoms with Crippen LogP contribution in [0.1, 0.15) is 48.7 Å². The number of nitrogens with one attached hydrogen (secondary N) is 3. The lowest BCUT2D eigenvalue weighted by molar-refractivity contribution is 0.0955. The molecule has 2 amide bonds. The van der Waals surface area contributed by atoms with Crippen LogP contribution in [0.2, 0.25) is 0 Å². The topological polar surface area (TPSA) is 108 Å². The number of hydrogen-bond acceptors (Lipinski definition) is 5. The molecule has 3 rings (SSSR count). The smallest absolute Gasteiger partial charge is 0.281 e. The summed E-state index contributed by atoms with van der Waals surface area (Å²) in [6.45, 7) is 7.44. The van der Waals surface area contributed by atoms with E-state index in [1.165, 1.54) is 11.7 Å². The number of aromatic nitrogens is 2. The zero-order valence-electron chi connectivity index (χ0n) is 17.4. The maximum Gasteiger partial charge on any atom is 0.281 e. The number of aryl methyl sites for hydroxylation is 3. The molecule has 2 heterocycles. The monoisotopic (exact) mass is 425 g/mol. The molecule has 0 aliphatic carbocycles. The van der Waals surface area contributed by atoms with Gasteiger partial charge in [0, 0.05) is 12.7 Å². The molecule has 9 heteroatoms. The van der Waals surface area contributed by atoms with Crippen LogP contribution in [-0.2, 0) is 0 Å². The lowest BCUT2D eigenvalue weighted by Gasteiger charge is -2.05. The number of rotatable bonds is 5. The van der Waals surface area contributed by atoms with Crippen molar-refractivity contribution in [2.75, 3.05) is 7.05 Å². The molecule has 3 aromatic rings. The minimum atomic E-state index is -0.447. The summed E-state index contributed by atoms with van der Waals surface area (Å²) >= 11 is 1.07. The molecular formula is C21H23N5O3S. The highest BCUT2D eigenvalue weighted by atomic mass is 32.1. The predicted molar refractivity (Wildman–Crippen MR) is 118 cm³/mol. The van der Waals surface area contributed by atoms with Crippen LogP contribution in [0.25, 0.3) is 5.69 Å². The van der Waals surface area contributed by atoms with Crippen molar-refractivity contribution in [1.82, 2.24) is 20.5 Å². The van der Waals surface area contributed by atoms with Crippen LogP contribution in [0.5, 0.6) is 0 Å². The van der Waals surface area contributed by atoms with Crippen molar-refractivity contribution in [2.24, 2.45) is 5.10 Å². The van der Waals surface area contributed by atoms with Gasteiger partial charge in [0.05, 0.1) is 26.7 Å². The first-order chi connectivity index (χ1) is 14.2. The second-order valence-corrected chi connectivity index (χ2v) is 7.99. The molecule has 0 aliphatic rings. The Morgan fingerprint density at radius 3 is 2.33 bits per heavy atom. The van der Waals surface area contributed by atoms with Gasteiger partial charge in [-0.05, 0) is 63.1 Å². The normalized spacial score (nSPS) is 11.4. The van der Waals surface area contributed by atoms with E-state index in [4.69, 9.17) is 0 Å². The van der Waals surface area contributed by atoms with Gasteiger partial charge in [0.15, 0.2) is 0 Å². The second kappa shape index (κ2) is 8.50. The number of hydrazone groups is 1. The fraction of sp³-hybridized carbons (Fsp3) is 0.238. The van der Waals surface area contributed by atoms with Gasteiger partial charge in [0.25, 0.3) is 17.4 Å². The molecule has 0 fully saturated rings. The number of thiophene rings is 1. The number of hydrogen-bond donors (Lipinski definition) is 3. The maximum absolute atomic E-state index is 12.9. The zero-order chi connectivity index (χ0) is 22.0. The fourth-order valence-corrected chi connectivity index (χ4v) is 3.81. The summed E-state index contributed by atoms with van der Waals surface area (Å²) < 4.78 is 1.47. The molecule has 2 aromatic heterocycles.